The first-order valence-corrected chi connectivity index (χ1v) is 11.3. The van der Waals surface area contributed by atoms with Crippen molar-refractivity contribution in [3.8, 4) is 6.07 Å². The van der Waals surface area contributed by atoms with Gasteiger partial charge in [0.05, 0.1) is 18.4 Å². The van der Waals surface area contributed by atoms with Crippen LogP contribution in [0.1, 0.15) is 36.5 Å². The predicted molar refractivity (Wildman–Crippen MR) is 125 cm³/mol. The summed E-state index contributed by atoms with van der Waals surface area (Å²) in [6.45, 7) is 2.62. The lowest BCUT2D eigenvalue weighted by Gasteiger charge is -2.32. The van der Waals surface area contributed by atoms with E-state index in [-0.39, 0.29) is 30.7 Å². The van der Waals surface area contributed by atoms with Gasteiger partial charge in [-0.1, -0.05) is 29.8 Å². The number of amides is 2. The molecule has 0 saturated carbocycles. The zero-order valence-corrected chi connectivity index (χ0v) is 19.2. The molecular weight excluding hydrogens is 442 g/mol. The van der Waals surface area contributed by atoms with Crippen molar-refractivity contribution in [1.82, 2.24) is 4.90 Å². The number of hydrogen-bond donors (Lipinski definition) is 0. The molecule has 2 amide bonds. The summed E-state index contributed by atoms with van der Waals surface area (Å²) in [4.78, 5) is 41.5. The van der Waals surface area contributed by atoms with Crippen LogP contribution >= 0.6 is 11.6 Å². The second-order valence-electron chi connectivity index (χ2n) is 7.89. The molecule has 0 unspecified atom stereocenters. The number of benzene rings is 2. The van der Waals surface area contributed by atoms with Crippen LogP contribution in [0.25, 0.3) is 0 Å². The summed E-state index contributed by atoms with van der Waals surface area (Å²) in [5, 5.41) is 9.50. The Morgan fingerprint density at radius 2 is 1.76 bits per heavy atom. The van der Waals surface area contributed by atoms with Gasteiger partial charge in [0.2, 0.25) is 0 Å². The topological polar surface area (TPSA) is 90.7 Å². The number of para-hydroxylation sites is 1. The number of nitriles is 1. The summed E-state index contributed by atoms with van der Waals surface area (Å²) in [5.74, 6) is -1.29. The van der Waals surface area contributed by atoms with Gasteiger partial charge in [0.1, 0.15) is 0 Å². The first-order chi connectivity index (χ1) is 15.9. The van der Waals surface area contributed by atoms with Gasteiger partial charge in [-0.05, 0) is 56.2 Å². The van der Waals surface area contributed by atoms with E-state index in [1.165, 1.54) is 4.90 Å². The van der Waals surface area contributed by atoms with Crippen molar-refractivity contribution in [3.63, 3.8) is 0 Å². The highest BCUT2D eigenvalue weighted by Gasteiger charge is 2.32. The second-order valence-corrected chi connectivity index (χ2v) is 8.32. The van der Waals surface area contributed by atoms with Crippen LogP contribution < -0.4 is 4.90 Å². The van der Waals surface area contributed by atoms with Crippen molar-refractivity contribution in [2.45, 2.75) is 32.3 Å². The summed E-state index contributed by atoms with van der Waals surface area (Å²) in [5.41, 5.74) is 1.20. The fourth-order valence-corrected chi connectivity index (χ4v) is 3.90. The number of esters is 1. The number of rotatable bonds is 7. The maximum absolute atomic E-state index is 13.0. The second kappa shape index (κ2) is 11.5. The first kappa shape index (κ1) is 24.3. The van der Waals surface area contributed by atoms with Gasteiger partial charge in [-0.3, -0.25) is 14.4 Å². The van der Waals surface area contributed by atoms with E-state index >= 15 is 0 Å². The number of halogens is 1. The molecule has 2 aromatic carbocycles. The number of hydrogen-bond acceptors (Lipinski definition) is 5. The number of carbonyl (C=O) groups is 3. The van der Waals surface area contributed by atoms with Crippen molar-refractivity contribution in [3.05, 3.63) is 65.2 Å². The Morgan fingerprint density at radius 3 is 2.36 bits per heavy atom. The van der Waals surface area contributed by atoms with E-state index in [1.54, 1.807) is 60.4 Å². The van der Waals surface area contributed by atoms with E-state index in [2.05, 4.69) is 0 Å². The average molecular weight is 468 g/mol. The number of anilines is 1. The SMILES string of the molecule is C[C@H](OC(=O)C1CCN(C(=O)c2ccc(Cl)cc2)CC1)C(=O)N(CCC#N)c1ccccc1. The standard InChI is InChI=1S/C25H26ClN3O4/c1-18(23(30)29(15-5-14-27)22-6-3-2-4-7-22)33-25(32)20-12-16-28(17-13-20)24(31)19-8-10-21(26)11-9-19/h2-4,6-11,18,20H,5,12-13,15-17H2,1H3/t18-/m0/s1. The molecule has 2 aromatic rings. The largest absolute Gasteiger partial charge is 0.452 e. The van der Waals surface area contributed by atoms with Gasteiger partial charge in [0, 0.05) is 35.9 Å². The molecule has 172 valence electrons. The minimum Gasteiger partial charge on any atom is -0.452 e. The first-order valence-electron chi connectivity index (χ1n) is 10.9. The summed E-state index contributed by atoms with van der Waals surface area (Å²) >= 11 is 5.88. The van der Waals surface area contributed by atoms with Gasteiger partial charge < -0.3 is 14.5 Å². The third-order valence-corrected chi connectivity index (χ3v) is 5.88. The molecule has 1 atom stereocenters. The Bertz CT molecular complexity index is 1010. The summed E-state index contributed by atoms with van der Waals surface area (Å²) in [6.07, 6.45) is 0.123. The zero-order valence-electron chi connectivity index (χ0n) is 18.4. The molecule has 3 rings (SSSR count). The maximum Gasteiger partial charge on any atom is 0.309 e. The van der Waals surface area contributed by atoms with Crippen LogP contribution in [-0.4, -0.2) is 48.4 Å². The Balaban J connectivity index is 1.55. The molecule has 0 bridgehead atoms. The minimum atomic E-state index is -0.981. The fourth-order valence-electron chi connectivity index (χ4n) is 3.77. The van der Waals surface area contributed by atoms with Crippen LogP contribution in [0.4, 0.5) is 5.69 Å². The quantitative estimate of drug-likeness (QED) is 0.572. The van der Waals surface area contributed by atoms with Crippen molar-refractivity contribution < 1.29 is 19.1 Å². The molecule has 1 saturated heterocycles. The number of ether oxygens (including phenoxy) is 1. The predicted octanol–water partition coefficient (Wildman–Crippen LogP) is 4.07. The lowest BCUT2D eigenvalue weighted by molar-refractivity contribution is -0.159. The van der Waals surface area contributed by atoms with Gasteiger partial charge >= 0.3 is 5.97 Å². The maximum atomic E-state index is 13.0. The summed E-state index contributed by atoms with van der Waals surface area (Å²) in [6, 6.07) is 17.7. The van der Waals surface area contributed by atoms with Gasteiger partial charge in [-0.15, -0.1) is 0 Å². The summed E-state index contributed by atoms with van der Waals surface area (Å²) in [7, 11) is 0. The average Bonchev–Trinajstić information content (AvgIpc) is 2.85. The normalized spacial score (nSPS) is 14.8. The smallest absolute Gasteiger partial charge is 0.309 e. The number of piperidine rings is 1. The van der Waals surface area contributed by atoms with E-state index in [9.17, 15) is 14.4 Å². The monoisotopic (exact) mass is 467 g/mol. The molecule has 1 aliphatic rings. The van der Waals surface area contributed by atoms with Crippen LogP contribution in [0.2, 0.25) is 5.02 Å². The molecule has 33 heavy (non-hydrogen) atoms. The third kappa shape index (κ3) is 6.33. The lowest BCUT2D eigenvalue weighted by atomic mass is 9.96. The molecule has 0 radical (unpaired) electrons. The van der Waals surface area contributed by atoms with E-state index in [1.807, 2.05) is 12.1 Å². The van der Waals surface area contributed by atoms with Gasteiger partial charge in [0.25, 0.3) is 11.8 Å². The van der Waals surface area contributed by atoms with Gasteiger partial charge in [-0.25, -0.2) is 0 Å². The van der Waals surface area contributed by atoms with E-state index < -0.39 is 12.1 Å². The Labute approximate surface area is 198 Å². The Kier molecular flexibility index (Phi) is 8.45. The van der Waals surface area contributed by atoms with Crippen molar-refractivity contribution in [2.75, 3.05) is 24.5 Å². The van der Waals surface area contributed by atoms with Crippen LogP contribution in [-0.2, 0) is 14.3 Å². The molecule has 0 N–H and O–H groups in total. The van der Waals surface area contributed by atoms with Crippen molar-refractivity contribution in [2.24, 2.45) is 5.92 Å². The molecular formula is C25H26ClN3O4. The Hall–Kier alpha value is -3.37. The van der Waals surface area contributed by atoms with Gasteiger partial charge in [0.15, 0.2) is 6.10 Å². The van der Waals surface area contributed by atoms with E-state index in [0.717, 1.165) is 0 Å². The minimum absolute atomic E-state index is 0.0991. The molecule has 0 spiro atoms. The van der Waals surface area contributed by atoms with Crippen molar-refractivity contribution >= 4 is 35.1 Å². The van der Waals surface area contributed by atoms with Crippen LogP contribution in [0.5, 0.6) is 0 Å². The Morgan fingerprint density at radius 1 is 1.12 bits per heavy atom. The molecule has 0 aromatic heterocycles. The highest BCUT2D eigenvalue weighted by Crippen LogP contribution is 2.23. The number of nitrogens with zero attached hydrogens (tertiary/aromatic N) is 3. The number of carbonyl (C=O) groups excluding carboxylic acids is 3. The molecule has 8 heteroatoms. The molecule has 7 nitrogen and oxygen atoms in total. The highest BCUT2D eigenvalue weighted by atomic mass is 35.5. The lowest BCUT2D eigenvalue weighted by Crippen LogP contribution is -2.44. The van der Waals surface area contributed by atoms with E-state index in [4.69, 9.17) is 21.6 Å². The fraction of sp³-hybridized carbons (Fsp3) is 0.360. The van der Waals surface area contributed by atoms with Gasteiger partial charge in [-0.2, -0.15) is 5.26 Å². The molecule has 1 fully saturated rings. The van der Waals surface area contributed by atoms with Crippen molar-refractivity contribution in [1.29, 1.82) is 5.26 Å². The van der Waals surface area contributed by atoms with Crippen LogP contribution in [0.3, 0.4) is 0 Å². The third-order valence-electron chi connectivity index (χ3n) is 5.63. The van der Waals surface area contributed by atoms with E-state index in [0.29, 0.717) is 42.2 Å². The number of likely N-dealkylation sites (tertiary alicyclic amines) is 1. The zero-order chi connectivity index (χ0) is 23.8. The highest BCUT2D eigenvalue weighted by molar-refractivity contribution is 6.30. The molecule has 0 aliphatic carbocycles. The summed E-state index contributed by atoms with van der Waals surface area (Å²) < 4.78 is 5.50. The van der Waals surface area contributed by atoms with Crippen LogP contribution in [0, 0.1) is 17.2 Å². The molecule has 1 aliphatic heterocycles. The van der Waals surface area contributed by atoms with Crippen LogP contribution in [0.15, 0.2) is 54.6 Å². The molecule has 1 heterocycles.